The Hall–Kier alpha value is -1.88. The first kappa shape index (κ1) is 14.1. The molecule has 0 aliphatic heterocycles. The highest BCUT2D eigenvalue weighted by molar-refractivity contribution is 7.09. The van der Waals surface area contributed by atoms with Gasteiger partial charge in [0.05, 0.1) is 0 Å². The summed E-state index contributed by atoms with van der Waals surface area (Å²) in [6.45, 7) is 0.702. The summed E-state index contributed by atoms with van der Waals surface area (Å²) < 4.78 is 12.9. The largest absolute Gasteiger partial charge is 0.370 e. The van der Waals surface area contributed by atoms with Gasteiger partial charge in [0.15, 0.2) is 5.96 Å². The molecule has 3 nitrogen and oxygen atoms in total. The lowest BCUT2D eigenvalue weighted by Gasteiger charge is -2.05. The molecule has 1 saturated carbocycles. The van der Waals surface area contributed by atoms with E-state index in [0.29, 0.717) is 24.5 Å². The molecule has 0 unspecified atom stereocenters. The molecule has 1 fully saturated rings. The van der Waals surface area contributed by atoms with Gasteiger partial charge in [-0.25, -0.2) is 4.39 Å². The fourth-order valence-corrected chi connectivity index (χ4v) is 3.11. The van der Waals surface area contributed by atoms with Gasteiger partial charge >= 0.3 is 0 Å². The summed E-state index contributed by atoms with van der Waals surface area (Å²) in [4.78, 5) is 5.67. The molecule has 0 bridgehead atoms. The summed E-state index contributed by atoms with van der Waals surface area (Å²) >= 11 is 1.74. The van der Waals surface area contributed by atoms with Gasteiger partial charge in [0.2, 0.25) is 0 Å². The van der Waals surface area contributed by atoms with Crippen LogP contribution in [0.4, 0.5) is 4.39 Å². The standard InChI is InChI=1S/C16H18FN3S/c17-12-5-3-11(4-6-12)14-10-15(14)20-16(18)19-8-7-13-2-1-9-21-13/h1-6,9,14-15H,7-8,10H2,(H3,18,19,20)/t14-,15+/m0/s1. The van der Waals surface area contributed by atoms with Crippen molar-refractivity contribution in [2.45, 2.75) is 24.8 Å². The maximum Gasteiger partial charge on any atom is 0.188 e. The summed E-state index contributed by atoms with van der Waals surface area (Å²) in [5.74, 6) is 0.719. The summed E-state index contributed by atoms with van der Waals surface area (Å²) in [6.07, 6.45) is 1.94. The Morgan fingerprint density at radius 2 is 2.14 bits per heavy atom. The smallest absolute Gasteiger partial charge is 0.188 e. The Labute approximate surface area is 127 Å². The highest BCUT2D eigenvalue weighted by atomic mass is 32.1. The van der Waals surface area contributed by atoms with Crippen molar-refractivity contribution in [3.63, 3.8) is 0 Å². The number of halogens is 1. The van der Waals surface area contributed by atoms with Crippen molar-refractivity contribution >= 4 is 17.3 Å². The molecule has 1 heterocycles. The zero-order chi connectivity index (χ0) is 14.7. The second-order valence-electron chi connectivity index (χ2n) is 5.24. The number of hydrogen-bond donors (Lipinski definition) is 2. The first-order valence-electron chi connectivity index (χ1n) is 7.06. The SMILES string of the molecule is NC(=NCCc1cccs1)N[C@@H]1C[C@H]1c1ccc(F)cc1. The molecular formula is C16H18FN3S. The number of thiophene rings is 1. The van der Waals surface area contributed by atoms with Crippen LogP contribution in [-0.2, 0) is 6.42 Å². The monoisotopic (exact) mass is 303 g/mol. The average molecular weight is 303 g/mol. The Morgan fingerprint density at radius 3 is 2.86 bits per heavy atom. The first-order valence-corrected chi connectivity index (χ1v) is 7.94. The zero-order valence-corrected chi connectivity index (χ0v) is 12.4. The van der Waals surface area contributed by atoms with E-state index in [1.807, 2.05) is 18.2 Å². The minimum Gasteiger partial charge on any atom is -0.370 e. The molecule has 110 valence electrons. The molecule has 0 spiro atoms. The van der Waals surface area contributed by atoms with E-state index in [-0.39, 0.29) is 5.82 Å². The molecule has 1 aliphatic rings. The molecule has 0 radical (unpaired) electrons. The maximum atomic E-state index is 12.9. The van der Waals surface area contributed by atoms with Crippen molar-refractivity contribution in [1.29, 1.82) is 0 Å². The Morgan fingerprint density at radius 1 is 1.33 bits per heavy atom. The van der Waals surface area contributed by atoms with Crippen LogP contribution in [0.1, 0.15) is 22.8 Å². The lowest BCUT2D eigenvalue weighted by molar-refractivity contribution is 0.627. The Balaban J connectivity index is 1.45. The average Bonchev–Trinajstić information content (AvgIpc) is 3.02. The number of nitrogens with zero attached hydrogens (tertiary/aromatic N) is 1. The van der Waals surface area contributed by atoms with Gasteiger partial charge in [0.1, 0.15) is 5.82 Å². The molecule has 0 amide bonds. The maximum absolute atomic E-state index is 12.9. The second-order valence-corrected chi connectivity index (χ2v) is 6.27. The molecule has 3 N–H and O–H groups in total. The molecule has 1 aromatic heterocycles. The van der Waals surface area contributed by atoms with E-state index in [1.165, 1.54) is 17.0 Å². The van der Waals surface area contributed by atoms with Crippen molar-refractivity contribution in [3.05, 3.63) is 58.0 Å². The number of nitrogens with one attached hydrogen (secondary N) is 1. The van der Waals surface area contributed by atoms with Gasteiger partial charge in [0, 0.05) is 29.8 Å². The van der Waals surface area contributed by atoms with Gasteiger partial charge in [0.25, 0.3) is 0 Å². The van der Waals surface area contributed by atoms with E-state index in [0.717, 1.165) is 18.4 Å². The summed E-state index contributed by atoms with van der Waals surface area (Å²) in [6, 6.07) is 11.2. The van der Waals surface area contributed by atoms with Crippen LogP contribution in [0.5, 0.6) is 0 Å². The lowest BCUT2D eigenvalue weighted by Crippen LogP contribution is -2.34. The van der Waals surface area contributed by atoms with Gasteiger partial charge in [-0.15, -0.1) is 11.3 Å². The van der Waals surface area contributed by atoms with Crippen LogP contribution in [0, 0.1) is 5.82 Å². The van der Waals surface area contributed by atoms with Crippen molar-refractivity contribution in [3.8, 4) is 0 Å². The lowest BCUT2D eigenvalue weighted by atomic mass is 10.1. The van der Waals surface area contributed by atoms with Crippen LogP contribution in [0.3, 0.4) is 0 Å². The first-order chi connectivity index (χ1) is 10.2. The Bertz CT molecular complexity index is 607. The number of nitrogens with two attached hydrogens (primary N) is 1. The zero-order valence-electron chi connectivity index (χ0n) is 11.6. The molecule has 5 heteroatoms. The summed E-state index contributed by atoms with van der Waals surface area (Å²) in [5, 5.41) is 5.30. The van der Waals surface area contributed by atoms with Crippen molar-refractivity contribution in [2.75, 3.05) is 6.54 Å². The van der Waals surface area contributed by atoms with Crippen LogP contribution < -0.4 is 11.1 Å². The highest BCUT2D eigenvalue weighted by Crippen LogP contribution is 2.40. The number of hydrogen-bond acceptors (Lipinski definition) is 2. The van der Waals surface area contributed by atoms with E-state index in [4.69, 9.17) is 5.73 Å². The van der Waals surface area contributed by atoms with E-state index in [2.05, 4.69) is 21.8 Å². The molecule has 0 saturated heterocycles. The number of guanidine groups is 1. The third-order valence-electron chi connectivity index (χ3n) is 3.64. The number of aliphatic imine (C=N–C) groups is 1. The molecule has 1 aliphatic carbocycles. The minimum atomic E-state index is -0.196. The van der Waals surface area contributed by atoms with Crippen LogP contribution in [-0.4, -0.2) is 18.5 Å². The van der Waals surface area contributed by atoms with E-state index in [1.54, 1.807) is 11.3 Å². The van der Waals surface area contributed by atoms with Crippen molar-refractivity contribution in [1.82, 2.24) is 5.32 Å². The minimum absolute atomic E-state index is 0.196. The third kappa shape index (κ3) is 3.82. The van der Waals surface area contributed by atoms with Gasteiger partial charge < -0.3 is 11.1 Å². The number of rotatable bonds is 5. The van der Waals surface area contributed by atoms with Gasteiger partial charge in [-0.1, -0.05) is 18.2 Å². The predicted molar refractivity (Wildman–Crippen MR) is 85.2 cm³/mol. The fourth-order valence-electron chi connectivity index (χ4n) is 2.41. The summed E-state index contributed by atoms with van der Waals surface area (Å²) in [5.41, 5.74) is 7.05. The van der Waals surface area contributed by atoms with Gasteiger partial charge in [-0.3, -0.25) is 4.99 Å². The van der Waals surface area contributed by atoms with E-state index >= 15 is 0 Å². The van der Waals surface area contributed by atoms with E-state index < -0.39 is 0 Å². The van der Waals surface area contributed by atoms with Crippen molar-refractivity contribution < 1.29 is 4.39 Å². The molecule has 21 heavy (non-hydrogen) atoms. The van der Waals surface area contributed by atoms with Crippen LogP contribution in [0.15, 0.2) is 46.8 Å². The molecule has 3 rings (SSSR count). The van der Waals surface area contributed by atoms with Gasteiger partial charge in [-0.2, -0.15) is 0 Å². The highest BCUT2D eigenvalue weighted by Gasteiger charge is 2.38. The topological polar surface area (TPSA) is 50.4 Å². The van der Waals surface area contributed by atoms with Crippen LogP contribution in [0.25, 0.3) is 0 Å². The molecular weight excluding hydrogens is 285 g/mol. The normalized spacial score (nSPS) is 21.3. The van der Waals surface area contributed by atoms with Crippen molar-refractivity contribution in [2.24, 2.45) is 10.7 Å². The van der Waals surface area contributed by atoms with Crippen LogP contribution >= 0.6 is 11.3 Å². The molecule has 1 aromatic carbocycles. The van der Waals surface area contributed by atoms with E-state index in [9.17, 15) is 4.39 Å². The molecule has 2 atom stereocenters. The molecule has 2 aromatic rings. The third-order valence-corrected chi connectivity index (χ3v) is 4.58. The van der Waals surface area contributed by atoms with Gasteiger partial charge in [-0.05, 0) is 35.6 Å². The Kier molecular flexibility index (Phi) is 4.20. The number of benzene rings is 1. The quantitative estimate of drug-likeness (QED) is 0.659. The predicted octanol–water partition coefficient (Wildman–Crippen LogP) is 2.89. The summed E-state index contributed by atoms with van der Waals surface area (Å²) in [7, 11) is 0. The second kappa shape index (κ2) is 6.26. The fraction of sp³-hybridized carbons (Fsp3) is 0.312. The van der Waals surface area contributed by atoms with Crippen LogP contribution in [0.2, 0.25) is 0 Å².